The molecule has 10 N–H and O–H groups in total. The molecule has 0 aromatic rings. The number of nitrogens with two attached hydrogens (primary N) is 1. The van der Waals surface area contributed by atoms with Crippen LogP contribution in [0.25, 0.3) is 0 Å². The van der Waals surface area contributed by atoms with Gasteiger partial charge in [0.1, 0.15) is 0 Å². The van der Waals surface area contributed by atoms with Crippen molar-refractivity contribution in [3.8, 4) is 0 Å². The summed E-state index contributed by atoms with van der Waals surface area (Å²) >= 11 is 0. The summed E-state index contributed by atoms with van der Waals surface area (Å²) in [4.78, 5) is 69.6. The first-order valence-electron chi connectivity index (χ1n) is 3.69. The van der Waals surface area contributed by atoms with Crippen LogP contribution in [0.1, 0.15) is 0 Å². The zero-order valence-corrected chi connectivity index (χ0v) is 12.1. The van der Waals surface area contributed by atoms with Gasteiger partial charge < -0.3 is 39.1 Å². The van der Waals surface area contributed by atoms with Crippen molar-refractivity contribution in [3.05, 3.63) is 0 Å². The fraction of sp³-hybridized carbons (Fsp3) is 1.00. The van der Waals surface area contributed by atoms with Gasteiger partial charge >= 0.3 is 30.7 Å². The van der Waals surface area contributed by atoms with E-state index in [1.165, 1.54) is 0 Å². The zero-order chi connectivity index (χ0) is 16.1. The van der Waals surface area contributed by atoms with Gasteiger partial charge in [-0.25, -0.2) is 9.13 Å². The lowest BCUT2D eigenvalue weighted by Crippen LogP contribution is -2.51. The second-order valence-corrected chi connectivity index (χ2v) is 10.2. The van der Waals surface area contributed by atoms with Crippen molar-refractivity contribution in [1.29, 1.82) is 0 Å². The van der Waals surface area contributed by atoms with Gasteiger partial charge in [-0.2, -0.15) is 0 Å². The Bertz CT molecular complexity index is 484. The molecule has 0 spiro atoms. The maximum atomic E-state index is 11.0. The Morgan fingerprint density at radius 3 is 0.947 bits per heavy atom. The minimum Gasteiger partial charge on any atom is -0.322 e. The molecule has 116 valence electrons. The SMILES string of the molecule is NC(N(P(=O)(O)O)P(=O)(O)O)(P(=O)(O)O)P(=O)(O)O. The van der Waals surface area contributed by atoms with Crippen molar-refractivity contribution in [1.82, 2.24) is 4.44 Å². The lowest BCUT2D eigenvalue weighted by Gasteiger charge is -2.39. The van der Waals surface area contributed by atoms with Crippen molar-refractivity contribution < 1.29 is 57.4 Å². The predicted molar refractivity (Wildman–Crippen MR) is 56.9 cm³/mol. The van der Waals surface area contributed by atoms with Crippen molar-refractivity contribution in [2.24, 2.45) is 5.73 Å². The van der Waals surface area contributed by atoms with E-state index in [4.69, 9.17) is 39.1 Å². The highest BCUT2D eigenvalue weighted by Gasteiger charge is 2.70. The number of hydrogen-bond donors (Lipinski definition) is 9. The smallest absolute Gasteiger partial charge is 0.322 e. The highest BCUT2D eigenvalue weighted by molar-refractivity contribution is 7.76. The Labute approximate surface area is 104 Å². The summed E-state index contributed by atoms with van der Waals surface area (Å²) in [6, 6.07) is 0. The molecule has 0 amide bonds. The first-order valence-corrected chi connectivity index (χ1v) is 10.0. The highest BCUT2D eigenvalue weighted by Crippen LogP contribution is 2.77. The van der Waals surface area contributed by atoms with E-state index in [2.05, 4.69) is 5.73 Å². The lowest BCUT2D eigenvalue weighted by atomic mass is 11.2. The third-order valence-electron chi connectivity index (χ3n) is 1.65. The first-order chi connectivity index (χ1) is 7.87. The van der Waals surface area contributed by atoms with E-state index in [1.54, 1.807) is 0 Å². The van der Waals surface area contributed by atoms with Gasteiger partial charge in [0.25, 0.3) is 5.15 Å². The van der Waals surface area contributed by atoms with Crippen LogP contribution in [-0.2, 0) is 18.3 Å². The second-order valence-electron chi connectivity index (χ2n) is 3.09. The normalized spacial score (nSPS) is 15.9. The van der Waals surface area contributed by atoms with Crippen molar-refractivity contribution in [3.63, 3.8) is 0 Å². The summed E-state index contributed by atoms with van der Waals surface area (Å²) < 4.78 is 42.0. The summed E-state index contributed by atoms with van der Waals surface area (Å²) in [6.45, 7) is 0. The average Bonchev–Trinajstić information content (AvgIpc) is 1.92. The topological polar surface area (TPSA) is 259 Å². The van der Waals surface area contributed by atoms with Crippen LogP contribution in [0.3, 0.4) is 0 Å². The van der Waals surface area contributed by atoms with Crippen LogP contribution in [0.2, 0.25) is 0 Å². The predicted octanol–water partition coefficient (Wildman–Crippen LogP) is -2.60. The molecule has 0 saturated heterocycles. The molecule has 19 heavy (non-hydrogen) atoms. The number of nitrogens with zero attached hydrogens (tertiary/aromatic N) is 1. The molecule has 0 rings (SSSR count). The van der Waals surface area contributed by atoms with Crippen molar-refractivity contribution >= 4 is 30.7 Å². The minimum absolute atomic E-state index is 1.69. The Kier molecular flexibility index (Phi) is 5.20. The molecule has 0 aliphatic carbocycles. The van der Waals surface area contributed by atoms with Gasteiger partial charge in [0.05, 0.1) is 0 Å². The van der Waals surface area contributed by atoms with Crippen LogP contribution in [0.15, 0.2) is 0 Å². The molecule has 0 aliphatic rings. The van der Waals surface area contributed by atoms with Crippen LogP contribution in [0.4, 0.5) is 0 Å². The van der Waals surface area contributed by atoms with Crippen molar-refractivity contribution in [2.75, 3.05) is 0 Å². The second kappa shape index (κ2) is 5.06. The van der Waals surface area contributed by atoms with Crippen LogP contribution >= 0.6 is 30.7 Å². The minimum atomic E-state index is -6.30. The molecule has 0 aromatic heterocycles. The van der Waals surface area contributed by atoms with Gasteiger partial charge in [0.2, 0.25) is 0 Å². The monoisotopic (exact) mass is 366 g/mol. The van der Waals surface area contributed by atoms with E-state index in [1.807, 2.05) is 0 Å². The van der Waals surface area contributed by atoms with Crippen LogP contribution in [0, 0.1) is 0 Å². The number of hydrogen-bond acceptors (Lipinski definition) is 5. The summed E-state index contributed by atoms with van der Waals surface area (Å²) in [5.74, 6) is 0. The fourth-order valence-electron chi connectivity index (χ4n) is 0.938. The molecule has 14 nitrogen and oxygen atoms in total. The standard InChI is InChI=1S/CH10N2O12P4/c2-1(16(4,5)6,17(7,8)9)3(18(10,11)12)19(13,14)15/h2H2,(H2,4,5,6)(H2,7,8,9)(H2,10,11,12)(H2,13,14,15). The molecule has 0 unspecified atom stereocenters. The van der Waals surface area contributed by atoms with E-state index < -0.39 is 40.3 Å². The first kappa shape index (κ1) is 19.5. The van der Waals surface area contributed by atoms with E-state index in [-0.39, 0.29) is 0 Å². The Hall–Kier alpha value is 0.520. The van der Waals surface area contributed by atoms with Crippen LogP contribution in [0.5, 0.6) is 0 Å². The maximum Gasteiger partial charge on any atom is 0.415 e. The molecule has 0 radical (unpaired) electrons. The highest BCUT2D eigenvalue weighted by atomic mass is 31.3. The molecule has 0 aromatic carbocycles. The van der Waals surface area contributed by atoms with E-state index in [9.17, 15) is 18.3 Å². The van der Waals surface area contributed by atoms with Gasteiger partial charge in [-0.15, -0.1) is 0 Å². The van der Waals surface area contributed by atoms with Gasteiger partial charge in [-0.1, -0.05) is 4.44 Å². The Balaban J connectivity index is 6.63. The van der Waals surface area contributed by atoms with Crippen LogP contribution < -0.4 is 5.73 Å². The third-order valence-corrected chi connectivity index (χ3v) is 8.97. The summed E-state index contributed by atoms with van der Waals surface area (Å²) in [7, 11) is -25.1. The molecule has 0 bridgehead atoms. The molecule has 0 aliphatic heterocycles. The molecule has 0 atom stereocenters. The van der Waals surface area contributed by atoms with Gasteiger partial charge in [0, 0.05) is 0 Å². The quantitative estimate of drug-likeness (QED) is 0.178. The summed E-state index contributed by atoms with van der Waals surface area (Å²) in [5.41, 5.74) is 4.58. The Morgan fingerprint density at radius 1 is 0.684 bits per heavy atom. The molecule has 0 fully saturated rings. The zero-order valence-electron chi connectivity index (χ0n) is 8.52. The largest absolute Gasteiger partial charge is 0.415 e. The number of rotatable bonds is 5. The van der Waals surface area contributed by atoms with Gasteiger partial charge in [-0.05, 0) is 0 Å². The lowest BCUT2D eigenvalue weighted by molar-refractivity contribution is 0.205. The summed E-state index contributed by atoms with van der Waals surface area (Å²) in [6.07, 6.45) is 0. The third kappa shape index (κ3) is 3.79. The van der Waals surface area contributed by atoms with E-state index in [0.717, 1.165) is 0 Å². The van der Waals surface area contributed by atoms with Gasteiger partial charge in [0.15, 0.2) is 0 Å². The Morgan fingerprint density at radius 2 is 0.895 bits per heavy atom. The van der Waals surface area contributed by atoms with Crippen molar-refractivity contribution in [2.45, 2.75) is 5.15 Å². The van der Waals surface area contributed by atoms with E-state index in [0.29, 0.717) is 0 Å². The fourth-order valence-corrected chi connectivity index (χ4v) is 7.54. The molecule has 0 heterocycles. The molecule has 0 saturated carbocycles. The van der Waals surface area contributed by atoms with Crippen LogP contribution in [-0.4, -0.2) is 48.7 Å². The maximum absolute atomic E-state index is 11.0. The average molecular weight is 366 g/mol. The molecular formula is CH10N2O12P4. The summed E-state index contributed by atoms with van der Waals surface area (Å²) in [5, 5.41) is -4.60. The van der Waals surface area contributed by atoms with Gasteiger partial charge in [-0.3, -0.25) is 14.9 Å². The molecule has 18 heteroatoms. The van der Waals surface area contributed by atoms with E-state index >= 15 is 0 Å². The molecular weight excluding hydrogens is 356 g/mol.